The van der Waals surface area contributed by atoms with Crippen molar-refractivity contribution in [3.63, 3.8) is 0 Å². The zero-order valence-electron chi connectivity index (χ0n) is 14.9. The van der Waals surface area contributed by atoms with Gasteiger partial charge in [-0.25, -0.2) is 5.43 Å². The highest BCUT2D eigenvalue weighted by molar-refractivity contribution is 6.30. The molecule has 0 saturated heterocycles. The highest BCUT2D eigenvalue weighted by atomic mass is 35.5. The predicted molar refractivity (Wildman–Crippen MR) is 108 cm³/mol. The van der Waals surface area contributed by atoms with Crippen LogP contribution in [0.4, 0.5) is 0 Å². The molecule has 3 aromatic carbocycles. The number of amides is 1. The van der Waals surface area contributed by atoms with E-state index >= 15 is 0 Å². The van der Waals surface area contributed by atoms with Crippen LogP contribution in [0.25, 0.3) is 0 Å². The molecular weight excluding hydrogens is 360 g/mol. The first-order valence-electron chi connectivity index (χ1n) is 8.49. The number of hydrazone groups is 1. The van der Waals surface area contributed by atoms with Crippen molar-refractivity contribution < 1.29 is 9.53 Å². The van der Waals surface area contributed by atoms with Crippen LogP contribution in [0.5, 0.6) is 5.75 Å². The maximum Gasteiger partial charge on any atom is 0.271 e. The molecule has 0 aliphatic heterocycles. The summed E-state index contributed by atoms with van der Waals surface area (Å²) in [4.78, 5) is 12.2. The van der Waals surface area contributed by atoms with Gasteiger partial charge in [0, 0.05) is 16.1 Å². The highest BCUT2D eigenvalue weighted by Gasteiger charge is 2.07. The van der Waals surface area contributed by atoms with Crippen LogP contribution in [0.15, 0.2) is 77.9 Å². The molecule has 0 aromatic heterocycles. The van der Waals surface area contributed by atoms with E-state index in [1.54, 1.807) is 12.3 Å². The van der Waals surface area contributed by atoms with Crippen LogP contribution in [-0.2, 0) is 6.61 Å². The third-order valence-electron chi connectivity index (χ3n) is 3.96. The molecule has 4 nitrogen and oxygen atoms in total. The number of para-hydroxylation sites is 1. The standard InChI is InChI=1S/C22H19ClN2O2/c1-16-7-2-4-11-20(16)22(26)25-24-14-18-9-3-5-12-21(18)27-15-17-8-6-10-19(23)13-17/h2-14H,15H2,1H3,(H,25,26)/b24-14+. The summed E-state index contributed by atoms with van der Waals surface area (Å²) in [5.74, 6) is 0.424. The molecule has 3 rings (SSSR count). The summed E-state index contributed by atoms with van der Waals surface area (Å²) in [7, 11) is 0. The zero-order chi connectivity index (χ0) is 19.1. The largest absolute Gasteiger partial charge is 0.488 e. The normalized spacial score (nSPS) is 10.7. The Bertz CT molecular complexity index is 970. The molecule has 0 aliphatic carbocycles. The molecule has 0 atom stereocenters. The summed E-state index contributed by atoms with van der Waals surface area (Å²) < 4.78 is 5.88. The zero-order valence-corrected chi connectivity index (χ0v) is 15.6. The molecule has 0 spiro atoms. The van der Waals surface area contributed by atoms with E-state index in [2.05, 4.69) is 10.5 Å². The Morgan fingerprint density at radius 1 is 1.07 bits per heavy atom. The Morgan fingerprint density at radius 3 is 2.67 bits per heavy atom. The molecule has 0 saturated carbocycles. The number of hydrogen-bond acceptors (Lipinski definition) is 3. The van der Waals surface area contributed by atoms with Gasteiger partial charge in [-0.1, -0.05) is 54.1 Å². The van der Waals surface area contributed by atoms with Crippen LogP contribution in [0.3, 0.4) is 0 Å². The molecule has 27 heavy (non-hydrogen) atoms. The maximum absolute atomic E-state index is 12.2. The molecule has 5 heteroatoms. The first-order chi connectivity index (χ1) is 13.1. The SMILES string of the molecule is Cc1ccccc1C(=O)N/N=C/c1ccccc1OCc1cccc(Cl)c1. The van der Waals surface area contributed by atoms with E-state index in [4.69, 9.17) is 16.3 Å². The number of nitrogens with one attached hydrogen (secondary N) is 1. The molecular formula is C22H19ClN2O2. The molecule has 0 radical (unpaired) electrons. The van der Waals surface area contributed by atoms with Gasteiger partial charge in [-0.15, -0.1) is 0 Å². The van der Waals surface area contributed by atoms with Gasteiger partial charge in [0.1, 0.15) is 12.4 Å². The topological polar surface area (TPSA) is 50.7 Å². The Hall–Kier alpha value is -3.11. The highest BCUT2D eigenvalue weighted by Crippen LogP contribution is 2.19. The fourth-order valence-corrected chi connectivity index (χ4v) is 2.77. The lowest BCUT2D eigenvalue weighted by atomic mass is 10.1. The van der Waals surface area contributed by atoms with Crippen molar-refractivity contribution in [1.29, 1.82) is 0 Å². The minimum absolute atomic E-state index is 0.248. The molecule has 0 fully saturated rings. The molecule has 1 N–H and O–H groups in total. The minimum atomic E-state index is -0.248. The van der Waals surface area contributed by atoms with Crippen molar-refractivity contribution in [2.75, 3.05) is 0 Å². The number of hydrogen-bond donors (Lipinski definition) is 1. The third kappa shape index (κ3) is 5.19. The average molecular weight is 379 g/mol. The van der Waals surface area contributed by atoms with Gasteiger partial charge in [0.15, 0.2) is 0 Å². The molecule has 0 aliphatic rings. The van der Waals surface area contributed by atoms with Crippen molar-refractivity contribution in [1.82, 2.24) is 5.43 Å². The van der Waals surface area contributed by atoms with Crippen molar-refractivity contribution in [2.24, 2.45) is 5.10 Å². The molecule has 0 bridgehead atoms. The van der Waals surface area contributed by atoms with Crippen molar-refractivity contribution in [3.05, 3.63) is 100 Å². The van der Waals surface area contributed by atoms with E-state index in [1.165, 1.54) is 0 Å². The fraction of sp³-hybridized carbons (Fsp3) is 0.0909. The number of halogens is 1. The van der Waals surface area contributed by atoms with Gasteiger partial charge in [0.05, 0.1) is 6.21 Å². The van der Waals surface area contributed by atoms with Crippen LogP contribution >= 0.6 is 11.6 Å². The summed E-state index contributed by atoms with van der Waals surface area (Å²) in [5.41, 5.74) is 5.79. The summed E-state index contributed by atoms with van der Waals surface area (Å²) in [6, 6.07) is 22.4. The summed E-state index contributed by atoms with van der Waals surface area (Å²) >= 11 is 6.00. The van der Waals surface area contributed by atoms with Gasteiger partial charge < -0.3 is 4.74 Å². The Kier molecular flexibility index (Phi) is 6.23. The van der Waals surface area contributed by atoms with Gasteiger partial charge in [0.25, 0.3) is 5.91 Å². The first kappa shape index (κ1) is 18.7. The third-order valence-corrected chi connectivity index (χ3v) is 4.20. The molecule has 1 amide bonds. The lowest BCUT2D eigenvalue weighted by Gasteiger charge is -2.09. The van der Waals surface area contributed by atoms with Crippen LogP contribution in [0.2, 0.25) is 5.02 Å². The van der Waals surface area contributed by atoms with Crippen molar-refractivity contribution in [3.8, 4) is 5.75 Å². The molecule has 0 unspecified atom stereocenters. The van der Waals surface area contributed by atoms with Gasteiger partial charge in [-0.3, -0.25) is 4.79 Å². The van der Waals surface area contributed by atoms with Crippen LogP contribution in [0.1, 0.15) is 27.0 Å². The number of nitrogens with zero attached hydrogens (tertiary/aromatic N) is 1. The van der Waals surface area contributed by atoms with Crippen LogP contribution in [-0.4, -0.2) is 12.1 Å². The lowest BCUT2D eigenvalue weighted by molar-refractivity contribution is 0.0954. The number of rotatable bonds is 6. The Balaban J connectivity index is 1.66. The van der Waals surface area contributed by atoms with Gasteiger partial charge in [-0.05, 0) is 48.4 Å². The average Bonchev–Trinajstić information content (AvgIpc) is 2.67. The Labute approximate surface area is 163 Å². The lowest BCUT2D eigenvalue weighted by Crippen LogP contribution is -2.18. The second-order valence-electron chi connectivity index (χ2n) is 5.97. The summed E-state index contributed by atoms with van der Waals surface area (Å²) in [6.45, 7) is 2.28. The van der Waals surface area contributed by atoms with E-state index in [0.717, 1.165) is 16.7 Å². The predicted octanol–water partition coefficient (Wildman–Crippen LogP) is 4.99. The van der Waals surface area contributed by atoms with Crippen molar-refractivity contribution in [2.45, 2.75) is 13.5 Å². The van der Waals surface area contributed by atoms with E-state index < -0.39 is 0 Å². The van der Waals surface area contributed by atoms with Gasteiger partial charge in [0.2, 0.25) is 0 Å². The van der Waals surface area contributed by atoms with Crippen LogP contribution in [0, 0.1) is 6.92 Å². The first-order valence-corrected chi connectivity index (χ1v) is 8.86. The second kappa shape index (κ2) is 9.01. The summed E-state index contributed by atoms with van der Waals surface area (Å²) in [6.07, 6.45) is 1.57. The quantitative estimate of drug-likeness (QED) is 0.485. The van der Waals surface area contributed by atoms with Crippen molar-refractivity contribution >= 4 is 23.7 Å². The molecule has 0 heterocycles. The molecule has 136 valence electrons. The van der Waals surface area contributed by atoms with E-state index in [-0.39, 0.29) is 5.91 Å². The number of aryl methyl sites for hydroxylation is 1. The Morgan fingerprint density at radius 2 is 1.85 bits per heavy atom. The monoisotopic (exact) mass is 378 g/mol. The smallest absolute Gasteiger partial charge is 0.271 e. The number of benzene rings is 3. The molecule has 3 aromatic rings. The van der Waals surface area contributed by atoms with Crippen LogP contribution < -0.4 is 10.2 Å². The summed E-state index contributed by atoms with van der Waals surface area (Å²) in [5, 5.41) is 4.73. The maximum atomic E-state index is 12.2. The van der Waals surface area contributed by atoms with Gasteiger partial charge in [-0.2, -0.15) is 5.10 Å². The number of carbonyl (C=O) groups excluding carboxylic acids is 1. The fourth-order valence-electron chi connectivity index (χ4n) is 2.55. The van der Waals surface area contributed by atoms with Gasteiger partial charge >= 0.3 is 0 Å². The minimum Gasteiger partial charge on any atom is -0.488 e. The van der Waals surface area contributed by atoms with E-state index in [0.29, 0.717) is 22.9 Å². The second-order valence-corrected chi connectivity index (χ2v) is 6.41. The number of ether oxygens (including phenoxy) is 1. The van der Waals surface area contributed by atoms with E-state index in [1.807, 2.05) is 73.7 Å². The number of carbonyl (C=O) groups is 1. The van der Waals surface area contributed by atoms with E-state index in [9.17, 15) is 4.79 Å².